The first-order valence-electron chi connectivity index (χ1n) is 5.15. The van der Waals surface area contributed by atoms with Gasteiger partial charge in [-0.05, 0) is 26.8 Å². The molecule has 74 valence electrons. The molecule has 1 aliphatic heterocycles. The van der Waals surface area contributed by atoms with Crippen LogP contribution in [0.1, 0.15) is 26.7 Å². The lowest BCUT2D eigenvalue weighted by Crippen LogP contribution is -2.55. The van der Waals surface area contributed by atoms with E-state index in [4.69, 9.17) is 6.42 Å². The fourth-order valence-electron chi connectivity index (χ4n) is 1.97. The predicted molar refractivity (Wildman–Crippen MR) is 56.6 cm³/mol. The third-order valence-electron chi connectivity index (χ3n) is 2.75. The minimum absolute atomic E-state index is 0.654. The summed E-state index contributed by atoms with van der Waals surface area (Å²) in [5, 5.41) is 3.42. The summed E-state index contributed by atoms with van der Waals surface area (Å²) in [6, 6.07) is 1.31. The number of hydrogen-bond acceptors (Lipinski definition) is 2. The summed E-state index contributed by atoms with van der Waals surface area (Å²) in [7, 11) is 0. The van der Waals surface area contributed by atoms with Gasteiger partial charge in [-0.25, -0.2) is 0 Å². The smallest absolute Gasteiger partial charge is 0.0195 e. The van der Waals surface area contributed by atoms with Gasteiger partial charge in [0, 0.05) is 31.6 Å². The summed E-state index contributed by atoms with van der Waals surface area (Å²) in [6.07, 6.45) is 7.27. The molecule has 0 saturated carbocycles. The van der Waals surface area contributed by atoms with Crippen molar-refractivity contribution in [3.05, 3.63) is 0 Å². The van der Waals surface area contributed by atoms with Crippen LogP contribution in [0.15, 0.2) is 0 Å². The molecule has 0 spiro atoms. The van der Waals surface area contributed by atoms with Gasteiger partial charge in [-0.2, -0.15) is 0 Å². The average molecular weight is 180 g/mol. The van der Waals surface area contributed by atoms with Crippen LogP contribution in [0.3, 0.4) is 0 Å². The van der Waals surface area contributed by atoms with Gasteiger partial charge >= 0.3 is 0 Å². The van der Waals surface area contributed by atoms with Gasteiger partial charge in [0.2, 0.25) is 0 Å². The molecule has 0 bridgehead atoms. The highest BCUT2D eigenvalue weighted by Gasteiger charge is 2.23. The maximum absolute atomic E-state index is 5.23. The standard InChI is InChI=1S/C11H20N2/c1-4-5-6-7-13-10(2)8-12-9-11(13)3/h1,10-12H,5-9H2,2-3H3. The van der Waals surface area contributed by atoms with Gasteiger partial charge in [-0.1, -0.05) is 0 Å². The molecule has 0 radical (unpaired) electrons. The third-order valence-corrected chi connectivity index (χ3v) is 2.75. The topological polar surface area (TPSA) is 15.3 Å². The van der Waals surface area contributed by atoms with E-state index >= 15 is 0 Å². The van der Waals surface area contributed by atoms with Crippen LogP contribution >= 0.6 is 0 Å². The summed E-state index contributed by atoms with van der Waals surface area (Å²) in [5.41, 5.74) is 0. The average Bonchev–Trinajstić information content (AvgIpc) is 2.10. The van der Waals surface area contributed by atoms with E-state index in [-0.39, 0.29) is 0 Å². The first kappa shape index (κ1) is 10.6. The Morgan fingerprint density at radius 1 is 1.38 bits per heavy atom. The third kappa shape index (κ3) is 3.02. The van der Waals surface area contributed by atoms with Crippen molar-refractivity contribution in [3.8, 4) is 12.3 Å². The van der Waals surface area contributed by atoms with Crippen LogP contribution in [-0.2, 0) is 0 Å². The van der Waals surface area contributed by atoms with E-state index in [9.17, 15) is 0 Å². The molecule has 0 aromatic carbocycles. The van der Waals surface area contributed by atoms with Crippen molar-refractivity contribution in [2.24, 2.45) is 0 Å². The largest absolute Gasteiger partial charge is 0.314 e. The molecule has 0 aliphatic carbocycles. The number of rotatable bonds is 3. The monoisotopic (exact) mass is 180 g/mol. The first-order chi connectivity index (χ1) is 6.25. The Hall–Kier alpha value is -0.520. The van der Waals surface area contributed by atoms with Crippen molar-refractivity contribution in [2.75, 3.05) is 19.6 Å². The fraction of sp³-hybridized carbons (Fsp3) is 0.818. The second-order valence-corrected chi connectivity index (χ2v) is 3.90. The zero-order valence-electron chi connectivity index (χ0n) is 8.71. The summed E-state index contributed by atoms with van der Waals surface area (Å²) >= 11 is 0. The van der Waals surface area contributed by atoms with Gasteiger partial charge < -0.3 is 5.32 Å². The normalized spacial score (nSPS) is 29.9. The lowest BCUT2D eigenvalue weighted by molar-refractivity contribution is 0.116. The van der Waals surface area contributed by atoms with E-state index in [1.807, 2.05) is 0 Å². The highest BCUT2D eigenvalue weighted by atomic mass is 15.2. The summed E-state index contributed by atoms with van der Waals surface area (Å²) in [4.78, 5) is 2.55. The van der Waals surface area contributed by atoms with Gasteiger partial charge in [-0.15, -0.1) is 12.3 Å². The van der Waals surface area contributed by atoms with Crippen LogP contribution in [-0.4, -0.2) is 36.6 Å². The minimum atomic E-state index is 0.654. The van der Waals surface area contributed by atoms with Crippen molar-refractivity contribution >= 4 is 0 Å². The van der Waals surface area contributed by atoms with Gasteiger partial charge in [0.25, 0.3) is 0 Å². The number of nitrogens with zero attached hydrogens (tertiary/aromatic N) is 1. The molecule has 1 saturated heterocycles. The van der Waals surface area contributed by atoms with Gasteiger partial charge in [0.1, 0.15) is 0 Å². The molecule has 1 N–H and O–H groups in total. The van der Waals surface area contributed by atoms with Crippen molar-refractivity contribution in [1.29, 1.82) is 0 Å². The SMILES string of the molecule is C#CCCCN1C(C)CNCC1C. The van der Waals surface area contributed by atoms with Crippen molar-refractivity contribution in [1.82, 2.24) is 10.2 Å². The molecule has 2 heteroatoms. The summed E-state index contributed by atoms with van der Waals surface area (Å²) < 4.78 is 0. The maximum Gasteiger partial charge on any atom is 0.0195 e. The molecule has 13 heavy (non-hydrogen) atoms. The minimum Gasteiger partial charge on any atom is -0.314 e. The highest BCUT2D eigenvalue weighted by Crippen LogP contribution is 2.10. The second kappa shape index (κ2) is 5.26. The van der Waals surface area contributed by atoms with E-state index < -0.39 is 0 Å². The van der Waals surface area contributed by atoms with Crippen molar-refractivity contribution in [2.45, 2.75) is 38.8 Å². The van der Waals surface area contributed by atoms with Crippen LogP contribution < -0.4 is 5.32 Å². The van der Waals surface area contributed by atoms with E-state index in [0.29, 0.717) is 12.1 Å². The predicted octanol–water partition coefficient (Wildman–Crippen LogP) is 1.08. The van der Waals surface area contributed by atoms with E-state index in [2.05, 4.69) is 30.0 Å². The molecule has 1 rings (SSSR count). The van der Waals surface area contributed by atoms with Crippen LogP contribution in [0.25, 0.3) is 0 Å². The first-order valence-corrected chi connectivity index (χ1v) is 5.15. The molecule has 1 fully saturated rings. The molecule has 0 aromatic rings. The fourth-order valence-corrected chi connectivity index (χ4v) is 1.97. The molecule has 0 amide bonds. The molecule has 2 atom stereocenters. The molecular weight excluding hydrogens is 160 g/mol. The van der Waals surface area contributed by atoms with Crippen LogP contribution in [0.2, 0.25) is 0 Å². The van der Waals surface area contributed by atoms with E-state index in [1.165, 1.54) is 0 Å². The number of piperazine rings is 1. The molecular formula is C11H20N2. The Balaban J connectivity index is 2.31. The lowest BCUT2D eigenvalue weighted by Gasteiger charge is -2.39. The highest BCUT2D eigenvalue weighted by molar-refractivity contribution is 4.86. The van der Waals surface area contributed by atoms with Crippen LogP contribution in [0.4, 0.5) is 0 Å². The van der Waals surface area contributed by atoms with E-state index in [1.54, 1.807) is 0 Å². The quantitative estimate of drug-likeness (QED) is 0.516. The molecule has 1 heterocycles. The molecule has 2 nitrogen and oxygen atoms in total. The Morgan fingerprint density at radius 2 is 2.00 bits per heavy atom. The molecule has 2 unspecified atom stereocenters. The Kier molecular flexibility index (Phi) is 4.27. The van der Waals surface area contributed by atoms with Gasteiger partial charge in [0.05, 0.1) is 0 Å². The molecule has 1 aliphatic rings. The van der Waals surface area contributed by atoms with E-state index in [0.717, 1.165) is 32.5 Å². The van der Waals surface area contributed by atoms with Crippen molar-refractivity contribution in [3.63, 3.8) is 0 Å². The zero-order valence-corrected chi connectivity index (χ0v) is 8.71. The Labute approximate surface area is 81.7 Å². The number of terminal acetylenes is 1. The number of nitrogens with one attached hydrogen (secondary N) is 1. The van der Waals surface area contributed by atoms with Crippen molar-refractivity contribution < 1.29 is 0 Å². The van der Waals surface area contributed by atoms with Crippen LogP contribution in [0, 0.1) is 12.3 Å². The van der Waals surface area contributed by atoms with Gasteiger partial charge in [0.15, 0.2) is 0 Å². The number of unbranched alkanes of at least 4 members (excludes halogenated alkanes) is 1. The Morgan fingerprint density at radius 3 is 2.54 bits per heavy atom. The van der Waals surface area contributed by atoms with Gasteiger partial charge in [-0.3, -0.25) is 4.90 Å². The zero-order chi connectivity index (χ0) is 9.68. The summed E-state index contributed by atoms with van der Waals surface area (Å²) in [5.74, 6) is 2.69. The summed E-state index contributed by atoms with van der Waals surface area (Å²) in [6.45, 7) is 7.92. The maximum atomic E-state index is 5.23. The van der Waals surface area contributed by atoms with Crippen LogP contribution in [0.5, 0.6) is 0 Å². The Bertz CT molecular complexity index is 173. The number of hydrogen-bond donors (Lipinski definition) is 1. The lowest BCUT2D eigenvalue weighted by atomic mass is 10.1. The molecule has 0 aromatic heterocycles. The second-order valence-electron chi connectivity index (χ2n) is 3.90.